The van der Waals surface area contributed by atoms with Crippen LogP contribution >= 0.6 is 15.9 Å². The van der Waals surface area contributed by atoms with E-state index in [9.17, 15) is 4.79 Å². The number of ketones is 1. The van der Waals surface area contributed by atoms with E-state index < -0.39 is 0 Å². The number of hydrogen-bond donors (Lipinski definition) is 0. The predicted octanol–water partition coefficient (Wildman–Crippen LogP) is 4.50. The van der Waals surface area contributed by atoms with Gasteiger partial charge in [-0.05, 0) is 48.7 Å². The van der Waals surface area contributed by atoms with E-state index in [1.54, 1.807) is 13.2 Å². The van der Waals surface area contributed by atoms with Crippen molar-refractivity contribution in [3.05, 3.63) is 63.1 Å². The Morgan fingerprint density at radius 2 is 1.80 bits per heavy atom. The fraction of sp³-hybridized carbons (Fsp3) is 0.235. The summed E-state index contributed by atoms with van der Waals surface area (Å²) < 4.78 is 6.20. The second kappa shape index (κ2) is 6.23. The quantitative estimate of drug-likeness (QED) is 0.770. The number of halogens is 1. The Hall–Kier alpha value is -1.61. The third-order valence-electron chi connectivity index (χ3n) is 3.45. The van der Waals surface area contributed by atoms with Crippen molar-refractivity contribution in [3.63, 3.8) is 0 Å². The molecule has 0 amide bonds. The molecule has 0 saturated carbocycles. The summed E-state index contributed by atoms with van der Waals surface area (Å²) in [6, 6.07) is 11.6. The van der Waals surface area contributed by atoms with E-state index in [1.165, 1.54) is 0 Å². The third-order valence-corrected chi connectivity index (χ3v) is 3.94. The summed E-state index contributed by atoms with van der Waals surface area (Å²) in [5.74, 6) is 0.683. The molecule has 0 aliphatic carbocycles. The molecular weight excluding hydrogens is 316 g/mol. The number of rotatable bonds is 4. The van der Waals surface area contributed by atoms with Crippen molar-refractivity contribution in [1.29, 1.82) is 0 Å². The number of ether oxygens (including phenoxy) is 1. The highest BCUT2D eigenvalue weighted by Gasteiger charge is 2.15. The minimum Gasteiger partial charge on any atom is -0.496 e. The van der Waals surface area contributed by atoms with Gasteiger partial charge in [-0.3, -0.25) is 4.79 Å². The molecule has 3 heteroatoms. The van der Waals surface area contributed by atoms with Crippen LogP contribution in [0.3, 0.4) is 0 Å². The molecule has 0 bridgehead atoms. The van der Waals surface area contributed by atoms with Crippen LogP contribution in [0.1, 0.15) is 27.0 Å². The van der Waals surface area contributed by atoms with Gasteiger partial charge < -0.3 is 4.74 Å². The van der Waals surface area contributed by atoms with Gasteiger partial charge in [0.15, 0.2) is 5.78 Å². The highest BCUT2D eigenvalue weighted by molar-refractivity contribution is 9.10. The molecule has 2 aromatic rings. The van der Waals surface area contributed by atoms with Crippen LogP contribution in [0.2, 0.25) is 0 Å². The van der Waals surface area contributed by atoms with Crippen LogP contribution in [0.5, 0.6) is 5.75 Å². The van der Waals surface area contributed by atoms with E-state index >= 15 is 0 Å². The molecule has 0 spiro atoms. The van der Waals surface area contributed by atoms with E-state index in [-0.39, 0.29) is 5.78 Å². The maximum atomic E-state index is 12.5. The zero-order valence-electron chi connectivity index (χ0n) is 11.9. The van der Waals surface area contributed by atoms with Gasteiger partial charge in [-0.15, -0.1) is 0 Å². The average Bonchev–Trinajstić information content (AvgIpc) is 2.42. The number of hydrogen-bond acceptors (Lipinski definition) is 2. The maximum absolute atomic E-state index is 12.5. The van der Waals surface area contributed by atoms with E-state index in [1.807, 2.05) is 44.2 Å². The standard InChI is InChI=1S/C17H17BrO2/c1-11-5-4-6-12(2)15(11)10-16(19)14-8-7-13(18)9-17(14)20-3/h4-9H,10H2,1-3H3. The van der Waals surface area contributed by atoms with Gasteiger partial charge in [0, 0.05) is 10.9 Å². The van der Waals surface area contributed by atoms with Gasteiger partial charge in [-0.2, -0.15) is 0 Å². The largest absolute Gasteiger partial charge is 0.496 e. The number of carbonyl (C=O) groups excluding carboxylic acids is 1. The normalized spacial score (nSPS) is 10.4. The van der Waals surface area contributed by atoms with Crippen molar-refractivity contribution in [2.24, 2.45) is 0 Å². The lowest BCUT2D eigenvalue weighted by atomic mass is 9.95. The zero-order valence-corrected chi connectivity index (χ0v) is 13.5. The molecule has 2 nitrogen and oxygen atoms in total. The third kappa shape index (κ3) is 3.10. The van der Waals surface area contributed by atoms with Gasteiger partial charge in [0.2, 0.25) is 0 Å². The molecule has 0 aliphatic heterocycles. The number of benzene rings is 2. The number of methoxy groups -OCH3 is 1. The monoisotopic (exact) mass is 332 g/mol. The van der Waals surface area contributed by atoms with Crippen LogP contribution in [0.15, 0.2) is 40.9 Å². The van der Waals surface area contributed by atoms with Crippen LogP contribution in [0, 0.1) is 13.8 Å². The van der Waals surface area contributed by atoms with Crippen LogP contribution in [-0.4, -0.2) is 12.9 Å². The Labute approximate surface area is 127 Å². The van der Waals surface area contributed by atoms with E-state index in [2.05, 4.69) is 15.9 Å². The van der Waals surface area contributed by atoms with Gasteiger partial charge in [0.25, 0.3) is 0 Å². The minimum absolute atomic E-state index is 0.0757. The van der Waals surface area contributed by atoms with E-state index in [4.69, 9.17) is 4.74 Å². The molecule has 0 heterocycles. The lowest BCUT2D eigenvalue weighted by Gasteiger charge is -2.11. The number of Topliss-reactive ketones (excluding diaryl/α,β-unsaturated/α-hetero) is 1. The van der Waals surface area contributed by atoms with Crippen molar-refractivity contribution < 1.29 is 9.53 Å². The Morgan fingerprint density at radius 1 is 1.15 bits per heavy atom. The second-order valence-electron chi connectivity index (χ2n) is 4.81. The Balaban J connectivity index is 2.33. The summed E-state index contributed by atoms with van der Waals surface area (Å²) in [6.07, 6.45) is 0.399. The summed E-state index contributed by atoms with van der Waals surface area (Å²) in [5, 5.41) is 0. The molecule has 0 saturated heterocycles. The highest BCUT2D eigenvalue weighted by atomic mass is 79.9. The molecule has 0 unspecified atom stereocenters. The van der Waals surface area contributed by atoms with E-state index in [0.29, 0.717) is 17.7 Å². The van der Waals surface area contributed by atoms with Crippen LogP contribution in [-0.2, 0) is 6.42 Å². The highest BCUT2D eigenvalue weighted by Crippen LogP contribution is 2.25. The number of carbonyl (C=O) groups is 1. The molecule has 2 aromatic carbocycles. The van der Waals surface area contributed by atoms with Gasteiger partial charge in [0.05, 0.1) is 12.7 Å². The smallest absolute Gasteiger partial charge is 0.170 e. The molecule has 0 aromatic heterocycles. The Kier molecular flexibility index (Phi) is 4.61. The molecule has 0 fully saturated rings. The van der Waals surface area contributed by atoms with Crippen LogP contribution < -0.4 is 4.74 Å². The van der Waals surface area contributed by atoms with Gasteiger partial charge in [0.1, 0.15) is 5.75 Å². The topological polar surface area (TPSA) is 26.3 Å². The van der Waals surface area contributed by atoms with Crippen molar-refractivity contribution in [3.8, 4) is 5.75 Å². The van der Waals surface area contributed by atoms with Crippen molar-refractivity contribution in [2.75, 3.05) is 7.11 Å². The van der Waals surface area contributed by atoms with Crippen LogP contribution in [0.25, 0.3) is 0 Å². The maximum Gasteiger partial charge on any atom is 0.170 e. The summed E-state index contributed by atoms with van der Waals surface area (Å²) in [4.78, 5) is 12.5. The SMILES string of the molecule is COc1cc(Br)ccc1C(=O)Cc1c(C)cccc1C. The van der Waals surface area contributed by atoms with Crippen molar-refractivity contribution in [1.82, 2.24) is 0 Å². The Morgan fingerprint density at radius 3 is 2.40 bits per heavy atom. The zero-order chi connectivity index (χ0) is 14.7. The van der Waals surface area contributed by atoms with Crippen molar-refractivity contribution in [2.45, 2.75) is 20.3 Å². The second-order valence-corrected chi connectivity index (χ2v) is 5.73. The Bertz CT molecular complexity index is 627. The fourth-order valence-corrected chi connectivity index (χ4v) is 2.62. The molecule has 0 N–H and O–H groups in total. The fourth-order valence-electron chi connectivity index (χ4n) is 2.28. The minimum atomic E-state index is 0.0757. The molecule has 2 rings (SSSR count). The van der Waals surface area contributed by atoms with Crippen LogP contribution in [0.4, 0.5) is 0 Å². The summed E-state index contributed by atoms with van der Waals surface area (Å²) in [5.41, 5.74) is 4.02. The van der Waals surface area contributed by atoms with Gasteiger partial charge in [-0.25, -0.2) is 0 Å². The van der Waals surface area contributed by atoms with Gasteiger partial charge in [-0.1, -0.05) is 34.1 Å². The molecule has 0 aliphatic rings. The van der Waals surface area contributed by atoms with E-state index in [0.717, 1.165) is 21.2 Å². The lowest BCUT2D eigenvalue weighted by Crippen LogP contribution is -2.08. The molecular formula is C17H17BrO2. The van der Waals surface area contributed by atoms with Gasteiger partial charge >= 0.3 is 0 Å². The average molecular weight is 333 g/mol. The lowest BCUT2D eigenvalue weighted by molar-refractivity contribution is 0.0989. The summed E-state index contributed by atoms with van der Waals surface area (Å²) in [6.45, 7) is 4.07. The summed E-state index contributed by atoms with van der Waals surface area (Å²) in [7, 11) is 1.58. The first-order valence-corrected chi connectivity index (χ1v) is 7.24. The molecule has 104 valence electrons. The molecule has 20 heavy (non-hydrogen) atoms. The first kappa shape index (κ1) is 14.8. The van der Waals surface area contributed by atoms with Crippen molar-refractivity contribution >= 4 is 21.7 Å². The number of aryl methyl sites for hydroxylation is 2. The molecule has 0 atom stereocenters. The summed E-state index contributed by atoms with van der Waals surface area (Å²) >= 11 is 3.38. The predicted molar refractivity (Wildman–Crippen MR) is 84.6 cm³/mol. The first-order chi connectivity index (χ1) is 9.52. The molecule has 0 radical (unpaired) electrons. The first-order valence-electron chi connectivity index (χ1n) is 6.44.